The minimum Gasteiger partial charge on any atom is -0.454 e. The second-order valence-corrected chi connectivity index (χ2v) is 7.22. The first-order valence-electron chi connectivity index (χ1n) is 10.2. The zero-order chi connectivity index (χ0) is 20.6. The van der Waals surface area contributed by atoms with E-state index in [1.165, 1.54) is 18.9 Å². The zero-order valence-corrected chi connectivity index (χ0v) is 17.0. The lowest BCUT2D eigenvalue weighted by atomic mass is 10.1. The SMILES string of the molecule is CCCN1CCC(CNC(=NCc2cc3c(cc2OC(F)F)OCO3)NCC)C1. The van der Waals surface area contributed by atoms with Crippen molar-refractivity contribution in [2.24, 2.45) is 10.9 Å². The molecule has 0 aliphatic carbocycles. The van der Waals surface area contributed by atoms with Crippen molar-refractivity contribution in [2.45, 2.75) is 39.8 Å². The molecule has 1 atom stereocenters. The van der Waals surface area contributed by atoms with E-state index >= 15 is 0 Å². The highest BCUT2D eigenvalue weighted by atomic mass is 19.3. The Morgan fingerprint density at radius 2 is 2.07 bits per heavy atom. The summed E-state index contributed by atoms with van der Waals surface area (Å²) in [6.07, 6.45) is 2.34. The van der Waals surface area contributed by atoms with E-state index in [-0.39, 0.29) is 19.1 Å². The van der Waals surface area contributed by atoms with Gasteiger partial charge in [-0.15, -0.1) is 0 Å². The predicted molar refractivity (Wildman–Crippen MR) is 107 cm³/mol. The van der Waals surface area contributed by atoms with Crippen LogP contribution in [0.1, 0.15) is 32.3 Å². The van der Waals surface area contributed by atoms with E-state index in [0.29, 0.717) is 35.5 Å². The summed E-state index contributed by atoms with van der Waals surface area (Å²) in [5, 5.41) is 6.58. The van der Waals surface area contributed by atoms with E-state index in [2.05, 4.69) is 32.2 Å². The molecule has 3 rings (SSSR count). The normalized spacial score (nSPS) is 19.1. The maximum absolute atomic E-state index is 12.8. The lowest BCUT2D eigenvalue weighted by Crippen LogP contribution is -2.40. The van der Waals surface area contributed by atoms with E-state index in [9.17, 15) is 8.78 Å². The summed E-state index contributed by atoms with van der Waals surface area (Å²) in [6.45, 7) is 6.42. The van der Waals surface area contributed by atoms with Gasteiger partial charge in [0.1, 0.15) is 5.75 Å². The molecule has 7 nitrogen and oxygen atoms in total. The molecule has 1 unspecified atom stereocenters. The van der Waals surface area contributed by atoms with Gasteiger partial charge < -0.3 is 29.7 Å². The number of alkyl halides is 2. The van der Waals surface area contributed by atoms with E-state index < -0.39 is 6.61 Å². The predicted octanol–water partition coefficient (Wildman–Crippen LogP) is 2.80. The number of rotatable bonds is 9. The topological polar surface area (TPSA) is 67.4 Å². The van der Waals surface area contributed by atoms with Crippen LogP contribution in [-0.4, -0.2) is 57.0 Å². The van der Waals surface area contributed by atoms with Crippen molar-refractivity contribution in [3.63, 3.8) is 0 Å². The van der Waals surface area contributed by atoms with Crippen molar-refractivity contribution >= 4 is 5.96 Å². The van der Waals surface area contributed by atoms with Crippen molar-refractivity contribution in [3.05, 3.63) is 17.7 Å². The van der Waals surface area contributed by atoms with Crippen molar-refractivity contribution in [2.75, 3.05) is 39.5 Å². The number of nitrogens with zero attached hydrogens (tertiary/aromatic N) is 2. The number of hydrogen-bond donors (Lipinski definition) is 2. The first kappa shape index (κ1) is 21.4. The summed E-state index contributed by atoms with van der Waals surface area (Å²) >= 11 is 0. The van der Waals surface area contributed by atoms with E-state index in [0.717, 1.165) is 26.2 Å². The Labute approximate surface area is 170 Å². The summed E-state index contributed by atoms with van der Waals surface area (Å²) < 4.78 is 40.8. The number of guanidine groups is 1. The summed E-state index contributed by atoms with van der Waals surface area (Å²) in [5.41, 5.74) is 0.516. The van der Waals surface area contributed by atoms with Crippen LogP contribution in [0.3, 0.4) is 0 Å². The number of likely N-dealkylation sites (tertiary alicyclic amines) is 1. The molecule has 2 aliphatic heterocycles. The molecule has 162 valence electrons. The van der Waals surface area contributed by atoms with Gasteiger partial charge in [-0.2, -0.15) is 8.78 Å². The van der Waals surface area contributed by atoms with Gasteiger partial charge in [-0.3, -0.25) is 0 Å². The summed E-state index contributed by atoms with van der Waals surface area (Å²) in [5.74, 6) is 2.19. The van der Waals surface area contributed by atoms with E-state index in [1.54, 1.807) is 6.07 Å². The van der Waals surface area contributed by atoms with Crippen LogP contribution in [0.25, 0.3) is 0 Å². The molecular formula is C20H30F2N4O3. The number of benzene rings is 1. The highest BCUT2D eigenvalue weighted by Crippen LogP contribution is 2.39. The lowest BCUT2D eigenvalue weighted by Gasteiger charge is -2.17. The fraction of sp³-hybridized carbons (Fsp3) is 0.650. The Hall–Kier alpha value is -2.29. The largest absolute Gasteiger partial charge is 0.454 e. The molecule has 2 aliphatic rings. The average molecular weight is 412 g/mol. The minimum atomic E-state index is -2.92. The molecular weight excluding hydrogens is 382 g/mol. The Balaban J connectivity index is 1.63. The molecule has 2 heterocycles. The Kier molecular flexibility index (Phi) is 7.74. The molecule has 0 amide bonds. The maximum Gasteiger partial charge on any atom is 0.387 e. The van der Waals surface area contributed by atoms with Gasteiger partial charge in [0.15, 0.2) is 17.5 Å². The zero-order valence-electron chi connectivity index (χ0n) is 17.0. The molecule has 1 aromatic rings. The Morgan fingerprint density at radius 3 is 2.79 bits per heavy atom. The van der Waals surface area contributed by atoms with Crippen molar-refractivity contribution < 1.29 is 23.0 Å². The summed E-state index contributed by atoms with van der Waals surface area (Å²) in [6, 6.07) is 3.08. The first-order valence-corrected chi connectivity index (χ1v) is 10.2. The minimum absolute atomic E-state index is 0.0508. The van der Waals surface area contributed by atoms with Crippen LogP contribution in [0.5, 0.6) is 17.2 Å². The van der Waals surface area contributed by atoms with Crippen molar-refractivity contribution in [3.8, 4) is 17.2 Å². The molecule has 9 heteroatoms. The lowest BCUT2D eigenvalue weighted by molar-refractivity contribution is -0.0505. The van der Waals surface area contributed by atoms with Crippen LogP contribution in [0, 0.1) is 5.92 Å². The molecule has 2 N–H and O–H groups in total. The second kappa shape index (κ2) is 10.5. The number of aliphatic imine (C=N–C) groups is 1. The number of hydrogen-bond acceptors (Lipinski definition) is 5. The smallest absolute Gasteiger partial charge is 0.387 e. The quantitative estimate of drug-likeness (QED) is 0.480. The highest BCUT2D eigenvalue weighted by molar-refractivity contribution is 5.79. The first-order chi connectivity index (χ1) is 14.1. The fourth-order valence-corrected chi connectivity index (χ4v) is 3.64. The van der Waals surface area contributed by atoms with Crippen LogP contribution in [-0.2, 0) is 6.54 Å². The molecule has 1 fully saturated rings. The molecule has 29 heavy (non-hydrogen) atoms. The third kappa shape index (κ3) is 6.09. The molecule has 0 bridgehead atoms. The standard InChI is InChI=1S/C20H30F2N4O3/c1-3-6-26-7-5-14(12-26)10-24-20(23-4-2)25-11-15-8-17-18(28-13-27-17)9-16(15)29-19(21)22/h8-9,14,19H,3-7,10-13H2,1-2H3,(H2,23,24,25). The number of nitrogens with one attached hydrogen (secondary N) is 2. The Morgan fingerprint density at radius 1 is 1.28 bits per heavy atom. The number of halogens is 2. The third-order valence-electron chi connectivity index (χ3n) is 4.99. The molecule has 0 aromatic heterocycles. The van der Waals surface area contributed by atoms with Gasteiger partial charge in [0.05, 0.1) is 6.54 Å². The van der Waals surface area contributed by atoms with Crippen molar-refractivity contribution in [1.82, 2.24) is 15.5 Å². The molecule has 1 saturated heterocycles. The Bertz CT molecular complexity index is 703. The maximum atomic E-state index is 12.8. The van der Waals surface area contributed by atoms with Gasteiger partial charge in [0, 0.05) is 31.3 Å². The number of fused-ring (bicyclic) bond motifs is 1. The molecule has 0 radical (unpaired) electrons. The monoisotopic (exact) mass is 412 g/mol. The number of ether oxygens (including phenoxy) is 3. The third-order valence-corrected chi connectivity index (χ3v) is 4.99. The van der Waals surface area contributed by atoms with Crippen LogP contribution < -0.4 is 24.8 Å². The summed E-state index contributed by atoms with van der Waals surface area (Å²) in [7, 11) is 0. The van der Waals surface area contributed by atoms with E-state index in [4.69, 9.17) is 9.47 Å². The molecule has 0 saturated carbocycles. The van der Waals surface area contributed by atoms with Crippen LogP contribution in [0.2, 0.25) is 0 Å². The van der Waals surface area contributed by atoms with Gasteiger partial charge >= 0.3 is 6.61 Å². The highest BCUT2D eigenvalue weighted by Gasteiger charge is 2.22. The molecule has 1 aromatic carbocycles. The van der Waals surface area contributed by atoms with Gasteiger partial charge in [-0.1, -0.05) is 6.92 Å². The average Bonchev–Trinajstić information content (AvgIpc) is 3.32. The van der Waals surface area contributed by atoms with Crippen molar-refractivity contribution in [1.29, 1.82) is 0 Å². The van der Waals surface area contributed by atoms with Gasteiger partial charge in [0.2, 0.25) is 6.79 Å². The van der Waals surface area contributed by atoms with Crippen LogP contribution >= 0.6 is 0 Å². The van der Waals surface area contributed by atoms with Crippen LogP contribution in [0.4, 0.5) is 8.78 Å². The van der Waals surface area contributed by atoms with Gasteiger partial charge in [-0.25, -0.2) is 4.99 Å². The van der Waals surface area contributed by atoms with Gasteiger partial charge in [0.25, 0.3) is 0 Å². The second-order valence-electron chi connectivity index (χ2n) is 7.22. The molecule has 0 spiro atoms. The fourth-order valence-electron chi connectivity index (χ4n) is 3.64. The van der Waals surface area contributed by atoms with E-state index in [1.807, 2.05) is 6.92 Å². The van der Waals surface area contributed by atoms with Crippen LogP contribution in [0.15, 0.2) is 17.1 Å². The van der Waals surface area contributed by atoms with Gasteiger partial charge in [-0.05, 0) is 44.8 Å². The summed E-state index contributed by atoms with van der Waals surface area (Å²) in [4.78, 5) is 7.04.